The number of methoxy groups -OCH3 is 3. The summed E-state index contributed by atoms with van der Waals surface area (Å²) in [6.07, 6.45) is 4.86. The monoisotopic (exact) mass is 574 g/mol. The predicted molar refractivity (Wildman–Crippen MR) is 139 cm³/mol. The average Bonchev–Trinajstić information content (AvgIpc) is 2.88. The average molecular weight is 574 g/mol. The molecule has 0 aromatic heterocycles. The van der Waals surface area contributed by atoms with Crippen LogP contribution in [0.3, 0.4) is 0 Å². The van der Waals surface area contributed by atoms with Crippen LogP contribution in [-0.4, -0.2) is 36.3 Å². The minimum absolute atomic E-state index is 0.144. The second-order valence-electron chi connectivity index (χ2n) is 8.42. The molecular formula is C28H31BrO3Se. The summed E-state index contributed by atoms with van der Waals surface area (Å²) in [6.45, 7) is 0. The van der Waals surface area contributed by atoms with Gasteiger partial charge in [-0.05, 0) is 0 Å². The molecule has 0 radical (unpaired) electrons. The van der Waals surface area contributed by atoms with Gasteiger partial charge in [-0.2, -0.15) is 0 Å². The van der Waals surface area contributed by atoms with E-state index in [1.165, 1.54) is 35.7 Å². The molecule has 174 valence electrons. The van der Waals surface area contributed by atoms with Gasteiger partial charge in [-0.15, -0.1) is 0 Å². The first-order valence-electron chi connectivity index (χ1n) is 11.3. The van der Waals surface area contributed by atoms with Crippen LogP contribution in [0, 0.1) is 0 Å². The van der Waals surface area contributed by atoms with Gasteiger partial charge in [0.15, 0.2) is 0 Å². The van der Waals surface area contributed by atoms with E-state index in [4.69, 9.17) is 14.2 Å². The Balaban J connectivity index is 1.88. The molecule has 2 unspecified atom stereocenters. The first kappa shape index (κ1) is 24.2. The molecule has 1 heterocycles. The Morgan fingerprint density at radius 3 is 2.09 bits per heavy atom. The van der Waals surface area contributed by atoms with Crippen molar-refractivity contribution >= 4 is 30.9 Å². The van der Waals surface area contributed by atoms with Crippen molar-refractivity contribution < 1.29 is 14.2 Å². The second kappa shape index (κ2) is 11.0. The van der Waals surface area contributed by atoms with Crippen molar-refractivity contribution in [3.63, 3.8) is 0 Å². The van der Waals surface area contributed by atoms with Gasteiger partial charge in [0, 0.05) is 0 Å². The normalized spacial score (nSPS) is 19.0. The molecule has 4 rings (SSSR count). The van der Waals surface area contributed by atoms with Crippen LogP contribution in [0.2, 0.25) is 5.32 Å². The minimum atomic E-state index is 0.144. The SMILES string of the molecule is COc1cc(OC)c(C(CC2(c3ccc(Br)cc3)CCCC[Se]2)c2ccccc2)c(OC)c1. The molecule has 3 nitrogen and oxygen atoms in total. The molecule has 1 saturated heterocycles. The van der Waals surface area contributed by atoms with Crippen molar-refractivity contribution in [1.29, 1.82) is 0 Å². The molecule has 1 aliphatic heterocycles. The van der Waals surface area contributed by atoms with Crippen LogP contribution in [-0.2, 0) is 4.31 Å². The van der Waals surface area contributed by atoms with Crippen LogP contribution in [0.15, 0.2) is 71.2 Å². The fraction of sp³-hybridized carbons (Fsp3) is 0.357. The fourth-order valence-electron chi connectivity index (χ4n) is 4.89. The van der Waals surface area contributed by atoms with E-state index in [0.717, 1.165) is 33.7 Å². The molecule has 0 saturated carbocycles. The number of rotatable bonds is 8. The van der Waals surface area contributed by atoms with E-state index >= 15 is 0 Å². The zero-order chi connectivity index (χ0) is 23.3. The number of hydrogen-bond acceptors (Lipinski definition) is 3. The Kier molecular flexibility index (Phi) is 8.06. The van der Waals surface area contributed by atoms with Crippen molar-refractivity contribution in [2.24, 2.45) is 0 Å². The zero-order valence-electron chi connectivity index (χ0n) is 19.5. The van der Waals surface area contributed by atoms with Gasteiger partial charge in [-0.1, -0.05) is 0 Å². The Morgan fingerprint density at radius 2 is 1.55 bits per heavy atom. The maximum absolute atomic E-state index is 5.92. The molecule has 0 aliphatic carbocycles. The molecule has 0 amide bonds. The van der Waals surface area contributed by atoms with Crippen LogP contribution in [0.1, 0.15) is 48.3 Å². The predicted octanol–water partition coefficient (Wildman–Crippen LogP) is 7.20. The summed E-state index contributed by atoms with van der Waals surface area (Å²) in [5.74, 6) is 2.51. The fourth-order valence-corrected chi connectivity index (χ4v) is 8.54. The molecule has 2 atom stereocenters. The van der Waals surface area contributed by atoms with E-state index < -0.39 is 0 Å². The van der Waals surface area contributed by atoms with Crippen LogP contribution in [0.25, 0.3) is 0 Å². The third-order valence-corrected chi connectivity index (χ3v) is 10.6. The summed E-state index contributed by atoms with van der Waals surface area (Å²) in [6, 6.07) is 23.8. The van der Waals surface area contributed by atoms with Gasteiger partial charge in [0.1, 0.15) is 0 Å². The summed E-state index contributed by atoms with van der Waals surface area (Å²) < 4.78 is 18.7. The van der Waals surface area contributed by atoms with E-state index in [-0.39, 0.29) is 10.2 Å². The molecule has 33 heavy (non-hydrogen) atoms. The van der Waals surface area contributed by atoms with Crippen molar-refractivity contribution in [2.45, 2.75) is 41.2 Å². The molecule has 1 fully saturated rings. The summed E-state index contributed by atoms with van der Waals surface area (Å²) in [5, 5.41) is 1.32. The molecule has 0 N–H and O–H groups in total. The molecule has 0 spiro atoms. The molecule has 0 bridgehead atoms. The van der Waals surface area contributed by atoms with Gasteiger partial charge in [0.25, 0.3) is 0 Å². The second-order valence-corrected chi connectivity index (χ2v) is 12.4. The molecule has 1 aliphatic rings. The Bertz CT molecular complexity index is 1020. The van der Waals surface area contributed by atoms with Gasteiger partial charge in [-0.25, -0.2) is 0 Å². The van der Waals surface area contributed by atoms with E-state index in [1.54, 1.807) is 21.3 Å². The molecule has 3 aromatic carbocycles. The molecular weight excluding hydrogens is 543 g/mol. The Labute approximate surface area is 212 Å². The Morgan fingerprint density at radius 1 is 0.879 bits per heavy atom. The van der Waals surface area contributed by atoms with Crippen molar-refractivity contribution in [3.8, 4) is 17.2 Å². The number of halogens is 1. The van der Waals surface area contributed by atoms with Crippen molar-refractivity contribution in [2.75, 3.05) is 21.3 Å². The summed E-state index contributed by atoms with van der Waals surface area (Å²) in [5.41, 5.74) is 3.85. The van der Waals surface area contributed by atoms with E-state index in [1.807, 2.05) is 12.1 Å². The van der Waals surface area contributed by atoms with Gasteiger partial charge < -0.3 is 0 Å². The van der Waals surface area contributed by atoms with E-state index in [0.29, 0.717) is 15.0 Å². The third-order valence-electron chi connectivity index (χ3n) is 6.56. The first-order valence-corrected chi connectivity index (χ1v) is 14.2. The van der Waals surface area contributed by atoms with Gasteiger partial charge in [0.05, 0.1) is 0 Å². The van der Waals surface area contributed by atoms with E-state index in [9.17, 15) is 0 Å². The third kappa shape index (κ3) is 5.26. The standard InChI is InChI=1S/C28H31BrO3Se/c1-30-23-17-25(31-2)27(26(18-23)32-3)24(20-9-5-4-6-10-20)19-28(15-7-8-16-33-28)21-11-13-22(29)14-12-21/h4-6,9-14,17-18,24H,7-8,15-16,19H2,1-3H3. The number of ether oxygens (including phenoxy) is 3. The number of hydrogen-bond donors (Lipinski definition) is 0. The first-order chi connectivity index (χ1) is 16.1. The maximum atomic E-state index is 5.92. The molecule has 3 aromatic rings. The van der Waals surface area contributed by atoms with Crippen molar-refractivity contribution in [1.82, 2.24) is 0 Å². The van der Waals surface area contributed by atoms with Crippen LogP contribution < -0.4 is 14.2 Å². The van der Waals surface area contributed by atoms with Gasteiger partial charge in [-0.3, -0.25) is 0 Å². The quantitative estimate of drug-likeness (QED) is 0.267. The van der Waals surface area contributed by atoms with Crippen LogP contribution in [0.4, 0.5) is 0 Å². The summed E-state index contributed by atoms with van der Waals surface area (Å²) >= 11 is 4.14. The Hall–Kier alpha value is -1.94. The van der Waals surface area contributed by atoms with Crippen molar-refractivity contribution in [3.05, 3.63) is 87.9 Å². The van der Waals surface area contributed by atoms with Gasteiger partial charge >= 0.3 is 213 Å². The topological polar surface area (TPSA) is 27.7 Å². The zero-order valence-corrected chi connectivity index (χ0v) is 22.8. The summed E-state index contributed by atoms with van der Waals surface area (Å²) in [7, 11) is 5.14. The van der Waals surface area contributed by atoms with E-state index in [2.05, 4.69) is 70.5 Å². The molecule has 5 heteroatoms. The van der Waals surface area contributed by atoms with Crippen LogP contribution in [0.5, 0.6) is 17.2 Å². The van der Waals surface area contributed by atoms with Crippen LogP contribution >= 0.6 is 15.9 Å². The van der Waals surface area contributed by atoms with Gasteiger partial charge in [0.2, 0.25) is 0 Å². The summed E-state index contributed by atoms with van der Waals surface area (Å²) in [4.78, 5) is 0. The number of benzene rings is 3.